The van der Waals surface area contributed by atoms with Crippen LogP contribution in [0.2, 0.25) is 0 Å². The molecule has 2 aliphatic heterocycles. The number of morpholine rings is 1. The second kappa shape index (κ2) is 12.9. The summed E-state index contributed by atoms with van der Waals surface area (Å²) in [5.41, 5.74) is 1.64. The van der Waals surface area contributed by atoms with Crippen LogP contribution in [0.1, 0.15) is 32.9 Å². The average Bonchev–Trinajstić information content (AvgIpc) is 3.34. The lowest BCUT2D eigenvalue weighted by Crippen LogP contribution is -2.48. The van der Waals surface area contributed by atoms with Crippen molar-refractivity contribution in [2.45, 2.75) is 45.1 Å². The van der Waals surface area contributed by atoms with E-state index in [9.17, 15) is 13.2 Å². The molecule has 0 bridgehead atoms. The van der Waals surface area contributed by atoms with Crippen LogP contribution in [0.4, 0.5) is 0 Å². The fraction of sp³-hybridized carbons (Fsp3) is 0.630. The van der Waals surface area contributed by atoms with Crippen molar-refractivity contribution >= 4 is 21.1 Å². The number of fused-ring (bicyclic) bond motifs is 1. The standard InChI is InChI=1S/C27H40N8O5S/c1-4-7-22-23-24(35(31-22)13-10-33-14-16-39-17-15-33)26(36)30-25(29-23)21-18-20(19-28-27(21)40-6-3)41(37,38)34-11-8-32(5-2)9-12-34/h18-19H,4-17H2,1-3H3,(H,29,30,36). The Kier molecular flexibility index (Phi) is 9.34. The molecular weight excluding hydrogens is 548 g/mol. The van der Waals surface area contributed by atoms with Gasteiger partial charge >= 0.3 is 0 Å². The molecule has 41 heavy (non-hydrogen) atoms. The molecule has 3 aromatic rings. The number of nitrogens with one attached hydrogen (secondary N) is 1. The number of aromatic nitrogens is 5. The van der Waals surface area contributed by atoms with Crippen molar-refractivity contribution in [2.75, 3.05) is 72.2 Å². The third kappa shape index (κ3) is 6.31. The average molecular weight is 589 g/mol. The molecule has 1 N–H and O–H groups in total. The van der Waals surface area contributed by atoms with Gasteiger partial charge < -0.3 is 19.4 Å². The molecule has 3 aromatic heterocycles. The van der Waals surface area contributed by atoms with E-state index < -0.39 is 10.0 Å². The molecule has 0 amide bonds. The Morgan fingerprint density at radius 3 is 2.46 bits per heavy atom. The highest BCUT2D eigenvalue weighted by Gasteiger charge is 2.30. The summed E-state index contributed by atoms with van der Waals surface area (Å²) in [5.74, 6) is 0.415. The highest BCUT2D eigenvalue weighted by Crippen LogP contribution is 2.30. The maximum absolute atomic E-state index is 13.6. The van der Waals surface area contributed by atoms with E-state index >= 15 is 0 Å². The smallest absolute Gasteiger partial charge is 0.277 e. The predicted octanol–water partition coefficient (Wildman–Crippen LogP) is 1.19. The van der Waals surface area contributed by atoms with E-state index in [4.69, 9.17) is 19.6 Å². The summed E-state index contributed by atoms with van der Waals surface area (Å²) in [4.78, 5) is 30.1. The Hall–Kier alpha value is -2.91. The number of rotatable bonds is 11. The molecule has 13 nitrogen and oxygen atoms in total. The van der Waals surface area contributed by atoms with Gasteiger partial charge in [-0.3, -0.25) is 14.4 Å². The first kappa shape index (κ1) is 29.6. The normalized spacial score (nSPS) is 17.8. The molecule has 0 aliphatic carbocycles. The molecule has 14 heteroatoms. The lowest BCUT2D eigenvalue weighted by molar-refractivity contribution is 0.0361. The fourth-order valence-electron chi connectivity index (χ4n) is 5.34. The molecule has 0 radical (unpaired) electrons. The Bertz CT molecular complexity index is 1510. The van der Waals surface area contributed by atoms with Crippen molar-refractivity contribution in [1.82, 2.24) is 38.8 Å². The Morgan fingerprint density at radius 1 is 1.02 bits per heavy atom. The SMILES string of the molecule is CCCc1nn(CCN2CCOCC2)c2c(=O)[nH]c(-c3cc(S(=O)(=O)N4CCN(CC)CC4)cnc3OCC)nc12. The van der Waals surface area contributed by atoms with E-state index in [1.165, 1.54) is 16.6 Å². The first-order chi connectivity index (χ1) is 19.8. The van der Waals surface area contributed by atoms with Crippen molar-refractivity contribution in [2.24, 2.45) is 0 Å². The van der Waals surface area contributed by atoms with Crippen molar-refractivity contribution in [1.29, 1.82) is 0 Å². The van der Waals surface area contributed by atoms with Crippen LogP contribution in [0.5, 0.6) is 5.88 Å². The molecule has 2 fully saturated rings. The molecule has 224 valence electrons. The number of aryl methyl sites for hydroxylation is 1. The second-order valence-electron chi connectivity index (χ2n) is 10.3. The Balaban J connectivity index is 1.53. The monoisotopic (exact) mass is 588 g/mol. The van der Waals surface area contributed by atoms with Crippen molar-refractivity contribution in [3.63, 3.8) is 0 Å². The number of piperazine rings is 1. The highest BCUT2D eigenvalue weighted by molar-refractivity contribution is 7.89. The van der Waals surface area contributed by atoms with Gasteiger partial charge in [0.15, 0.2) is 5.52 Å². The molecule has 5 heterocycles. The van der Waals surface area contributed by atoms with Crippen LogP contribution in [0.3, 0.4) is 0 Å². The van der Waals surface area contributed by atoms with Crippen LogP contribution >= 0.6 is 0 Å². The summed E-state index contributed by atoms with van der Waals surface area (Å²) < 4.78 is 41.6. The fourth-order valence-corrected chi connectivity index (χ4v) is 6.73. The van der Waals surface area contributed by atoms with Gasteiger partial charge in [-0.1, -0.05) is 20.3 Å². The van der Waals surface area contributed by atoms with Gasteiger partial charge in [0.25, 0.3) is 5.56 Å². The number of sulfonamides is 1. The van der Waals surface area contributed by atoms with E-state index in [1.807, 2.05) is 6.92 Å². The second-order valence-corrected chi connectivity index (χ2v) is 12.2. The molecule has 2 aliphatic rings. The molecule has 0 aromatic carbocycles. The quantitative estimate of drug-likeness (QED) is 0.348. The Labute approximate surface area is 240 Å². The van der Waals surface area contributed by atoms with Crippen LogP contribution in [0, 0.1) is 0 Å². The van der Waals surface area contributed by atoms with Crippen LogP contribution in [0.15, 0.2) is 22.0 Å². The number of hydrogen-bond donors (Lipinski definition) is 1. The summed E-state index contributed by atoms with van der Waals surface area (Å²) in [6, 6.07) is 1.51. The summed E-state index contributed by atoms with van der Waals surface area (Å²) in [7, 11) is -3.80. The van der Waals surface area contributed by atoms with E-state index in [0.29, 0.717) is 75.6 Å². The lowest BCUT2D eigenvalue weighted by atomic mass is 10.2. The third-order valence-electron chi connectivity index (χ3n) is 7.66. The molecule has 0 unspecified atom stereocenters. The van der Waals surface area contributed by atoms with Gasteiger partial charge in [0.1, 0.15) is 16.2 Å². The van der Waals surface area contributed by atoms with Crippen molar-refractivity contribution in [3.8, 4) is 17.3 Å². The number of ether oxygens (including phenoxy) is 2. The van der Waals surface area contributed by atoms with Gasteiger partial charge in [-0.25, -0.2) is 18.4 Å². The minimum absolute atomic E-state index is 0.0404. The van der Waals surface area contributed by atoms with Crippen molar-refractivity contribution in [3.05, 3.63) is 28.3 Å². The topological polar surface area (TPSA) is 139 Å². The molecule has 0 atom stereocenters. The Morgan fingerprint density at radius 2 is 1.78 bits per heavy atom. The number of hydrogen-bond acceptors (Lipinski definition) is 10. The zero-order valence-electron chi connectivity index (χ0n) is 24.1. The number of likely N-dealkylation sites (N-methyl/N-ethyl adjacent to an activating group) is 1. The summed E-state index contributed by atoms with van der Waals surface area (Å²) in [5, 5.41) is 4.77. The zero-order chi connectivity index (χ0) is 29.0. The molecule has 0 saturated carbocycles. The first-order valence-corrected chi connectivity index (χ1v) is 15.9. The van der Waals surface area contributed by atoms with E-state index in [2.05, 4.69) is 33.6 Å². The highest BCUT2D eigenvalue weighted by atomic mass is 32.2. The summed E-state index contributed by atoms with van der Waals surface area (Å²) in [6.07, 6.45) is 2.81. The molecule has 0 spiro atoms. The van der Waals surface area contributed by atoms with Gasteiger partial charge in [0, 0.05) is 45.8 Å². The zero-order valence-corrected chi connectivity index (χ0v) is 25.0. The molecule has 2 saturated heterocycles. The first-order valence-electron chi connectivity index (χ1n) is 14.5. The number of pyridine rings is 1. The maximum atomic E-state index is 13.6. The van der Waals surface area contributed by atoms with Crippen LogP contribution in [0.25, 0.3) is 22.4 Å². The minimum atomic E-state index is -3.80. The van der Waals surface area contributed by atoms with Gasteiger partial charge in [-0.05, 0) is 26.0 Å². The van der Waals surface area contributed by atoms with E-state index in [0.717, 1.165) is 38.3 Å². The summed E-state index contributed by atoms with van der Waals surface area (Å²) >= 11 is 0. The van der Waals surface area contributed by atoms with Gasteiger partial charge in [-0.2, -0.15) is 9.40 Å². The molecule has 5 rings (SSSR count). The number of nitrogens with zero attached hydrogens (tertiary/aromatic N) is 7. The summed E-state index contributed by atoms with van der Waals surface area (Å²) in [6.45, 7) is 13.7. The van der Waals surface area contributed by atoms with Gasteiger partial charge in [-0.15, -0.1) is 0 Å². The van der Waals surface area contributed by atoms with E-state index in [-0.39, 0.29) is 22.2 Å². The van der Waals surface area contributed by atoms with Gasteiger partial charge in [0.2, 0.25) is 15.9 Å². The third-order valence-corrected chi connectivity index (χ3v) is 9.53. The van der Waals surface area contributed by atoms with Crippen LogP contribution in [-0.2, 0) is 27.7 Å². The number of H-pyrrole nitrogens is 1. The molecular formula is C27H40N8O5S. The van der Waals surface area contributed by atoms with Crippen LogP contribution in [-0.4, -0.2) is 119 Å². The van der Waals surface area contributed by atoms with E-state index in [1.54, 1.807) is 4.68 Å². The van der Waals surface area contributed by atoms with Crippen LogP contribution < -0.4 is 10.3 Å². The minimum Gasteiger partial charge on any atom is -0.477 e. The van der Waals surface area contributed by atoms with Crippen molar-refractivity contribution < 1.29 is 17.9 Å². The maximum Gasteiger partial charge on any atom is 0.277 e. The largest absolute Gasteiger partial charge is 0.477 e. The number of aromatic amines is 1. The van der Waals surface area contributed by atoms with Gasteiger partial charge in [0.05, 0.1) is 43.8 Å². The predicted molar refractivity (Wildman–Crippen MR) is 155 cm³/mol. The lowest BCUT2D eigenvalue weighted by Gasteiger charge is -2.33.